The first-order valence-corrected chi connectivity index (χ1v) is 9.66. The molecule has 0 aromatic heterocycles. The Morgan fingerprint density at radius 3 is 2.43 bits per heavy atom. The molecule has 2 nitrogen and oxygen atoms in total. The predicted octanol–water partition coefficient (Wildman–Crippen LogP) is 5.34. The summed E-state index contributed by atoms with van der Waals surface area (Å²) in [6.07, 6.45) is 7.84. The molecule has 0 spiro atoms. The Bertz CT molecular complexity index is 627. The zero-order chi connectivity index (χ0) is 16.4. The zero-order valence-electron chi connectivity index (χ0n) is 13.7. The fourth-order valence-electron chi connectivity index (χ4n) is 3.26. The molecule has 0 atom stereocenters. The summed E-state index contributed by atoms with van der Waals surface area (Å²) < 4.78 is 0.729. The highest BCUT2D eigenvalue weighted by Crippen LogP contribution is 2.37. The molecule has 1 aromatic rings. The van der Waals surface area contributed by atoms with E-state index in [9.17, 15) is 4.79 Å². The van der Waals surface area contributed by atoms with Gasteiger partial charge in [-0.3, -0.25) is 9.69 Å². The average Bonchev–Trinajstić information content (AvgIpc) is 2.82. The van der Waals surface area contributed by atoms with E-state index >= 15 is 0 Å². The first kappa shape index (κ1) is 16.7. The fourth-order valence-corrected chi connectivity index (χ4v) is 4.66. The molecule has 2 aliphatic rings. The van der Waals surface area contributed by atoms with Crippen molar-refractivity contribution < 1.29 is 4.79 Å². The van der Waals surface area contributed by atoms with Crippen LogP contribution in [-0.2, 0) is 4.79 Å². The molecule has 23 heavy (non-hydrogen) atoms. The largest absolute Gasteiger partial charge is 0.290 e. The number of nitrogens with zero attached hydrogens (tertiary/aromatic N) is 1. The summed E-state index contributed by atoms with van der Waals surface area (Å²) in [6, 6.07) is 8.76. The molecule has 1 aliphatic carbocycles. The van der Waals surface area contributed by atoms with Crippen molar-refractivity contribution in [2.75, 3.05) is 0 Å². The molecule has 3 rings (SSSR count). The van der Waals surface area contributed by atoms with Gasteiger partial charge in [0.25, 0.3) is 5.91 Å². The topological polar surface area (TPSA) is 20.3 Å². The monoisotopic (exact) mass is 345 g/mol. The molecule has 4 heteroatoms. The van der Waals surface area contributed by atoms with Crippen molar-refractivity contribution in [3.8, 4) is 0 Å². The van der Waals surface area contributed by atoms with Gasteiger partial charge in [0.15, 0.2) is 0 Å². The molecule has 0 radical (unpaired) electrons. The Balaban J connectivity index is 1.78. The molecule has 1 aliphatic heterocycles. The van der Waals surface area contributed by atoms with Crippen LogP contribution in [-0.4, -0.2) is 21.2 Å². The van der Waals surface area contributed by atoms with E-state index in [-0.39, 0.29) is 5.91 Å². The molecule has 1 saturated carbocycles. The maximum absolute atomic E-state index is 12.7. The molecule has 1 heterocycles. The summed E-state index contributed by atoms with van der Waals surface area (Å²) in [6.45, 7) is 4.37. The highest BCUT2D eigenvalue weighted by atomic mass is 32.2. The van der Waals surface area contributed by atoms with Crippen LogP contribution in [0.15, 0.2) is 29.2 Å². The van der Waals surface area contributed by atoms with Crippen molar-refractivity contribution >= 4 is 40.3 Å². The zero-order valence-corrected chi connectivity index (χ0v) is 15.4. The minimum Gasteiger partial charge on any atom is -0.290 e. The van der Waals surface area contributed by atoms with Gasteiger partial charge in [0.1, 0.15) is 4.32 Å². The number of hydrogen-bond acceptors (Lipinski definition) is 3. The van der Waals surface area contributed by atoms with Gasteiger partial charge in [-0.05, 0) is 36.0 Å². The Labute approximate surface area is 148 Å². The van der Waals surface area contributed by atoms with Crippen molar-refractivity contribution in [1.29, 1.82) is 0 Å². The third kappa shape index (κ3) is 3.69. The molecule has 0 unspecified atom stereocenters. The molecule has 1 amide bonds. The molecule has 1 saturated heterocycles. The summed E-state index contributed by atoms with van der Waals surface area (Å²) >= 11 is 6.92. The van der Waals surface area contributed by atoms with Gasteiger partial charge < -0.3 is 0 Å². The molecule has 122 valence electrons. The molecular formula is C19H23NOS2. The second kappa shape index (κ2) is 7.18. The second-order valence-corrected chi connectivity index (χ2v) is 8.34. The van der Waals surface area contributed by atoms with E-state index in [0.29, 0.717) is 12.0 Å². The number of amides is 1. The van der Waals surface area contributed by atoms with Crippen LogP contribution in [0, 0.1) is 0 Å². The van der Waals surface area contributed by atoms with Crippen LogP contribution < -0.4 is 0 Å². The van der Waals surface area contributed by atoms with Crippen molar-refractivity contribution in [2.24, 2.45) is 0 Å². The van der Waals surface area contributed by atoms with E-state index in [1.54, 1.807) is 0 Å². The van der Waals surface area contributed by atoms with Gasteiger partial charge in [-0.25, -0.2) is 0 Å². The van der Waals surface area contributed by atoms with Crippen LogP contribution in [0.4, 0.5) is 0 Å². The molecule has 2 fully saturated rings. The summed E-state index contributed by atoms with van der Waals surface area (Å²) in [5.74, 6) is 0.619. The standard InChI is InChI=1S/C19H23NOS2/c1-13(2)15-10-8-14(9-11-15)12-17-18(21)20(19(22)23-17)16-6-4-3-5-7-16/h8-13,16H,3-7H2,1-2H3. The number of carbonyl (C=O) groups is 1. The lowest BCUT2D eigenvalue weighted by Gasteiger charge is -2.29. The van der Waals surface area contributed by atoms with Crippen LogP contribution in [0.5, 0.6) is 0 Å². The highest BCUT2D eigenvalue weighted by molar-refractivity contribution is 8.26. The van der Waals surface area contributed by atoms with Crippen LogP contribution in [0.1, 0.15) is 63.0 Å². The Kier molecular flexibility index (Phi) is 5.22. The van der Waals surface area contributed by atoms with Crippen LogP contribution >= 0.6 is 24.0 Å². The lowest BCUT2D eigenvalue weighted by atomic mass is 9.94. The van der Waals surface area contributed by atoms with Gasteiger partial charge in [-0.15, -0.1) is 0 Å². The normalized spacial score (nSPS) is 21.7. The van der Waals surface area contributed by atoms with Crippen molar-refractivity contribution in [1.82, 2.24) is 4.90 Å². The molecule has 1 aromatic carbocycles. The maximum atomic E-state index is 12.7. The molecular weight excluding hydrogens is 322 g/mol. The smallest absolute Gasteiger partial charge is 0.266 e. The number of benzene rings is 1. The van der Waals surface area contributed by atoms with E-state index in [4.69, 9.17) is 12.2 Å². The Hall–Kier alpha value is -1.13. The molecule has 0 bridgehead atoms. The summed E-state index contributed by atoms with van der Waals surface area (Å²) in [4.78, 5) is 15.4. The van der Waals surface area contributed by atoms with Crippen LogP contribution in [0.25, 0.3) is 6.08 Å². The van der Waals surface area contributed by atoms with E-state index in [1.807, 2.05) is 11.0 Å². The maximum Gasteiger partial charge on any atom is 0.266 e. The lowest BCUT2D eigenvalue weighted by molar-refractivity contribution is -0.124. The van der Waals surface area contributed by atoms with E-state index in [1.165, 1.54) is 36.6 Å². The third-order valence-corrected chi connectivity index (χ3v) is 5.99. The first-order chi connectivity index (χ1) is 11.1. The first-order valence-electron chi connectivity index (χ1n) is 8.43. The summed E-state index contributed by atoms with van der Waals surface area (Å²) in [5, 5.41) is 0. The van der Waals surface area contributed by atoms with E-state index < -0.39 is 0 Å². The number of thiocarbonyl (C=S) groups is 1. The van der Waals surface area contributed by atoms with Crippen LogP contribution in [0.3, 0.4) is 0 Å². The van der Waals surface area contributed by atoms with Crippen LogP contribution in [0.2, 0.25) is 0 Å². The van der Waals surface area contributed by atoms with Gasteiger partial charge in [-0.1, -0.05) is 81.4 Å². The second-order valence-electron chi connectivity index (χ2n) is 6.66. The van der Waals surface area contributed by atoms with Gasteiger partial charge in [0.2, 0.25) is 0 Å². The van der Waals surface area contributed by atoms with Gasteiger partial charge >= 0.3 is 0 Å². The molecule has 0 N–H and O–H groups in total. The van der Waals surface area contributed by atoms with Crippen molar-refractivity contribution in [2.45, 2.75) is 57.9 Å². The van der Waals surface area contributed by atoms with Gasteiger partial charge in [-0.2, -0.15) is 0 Å². The third-order valence-electron chi connectivity index (χ3n) is 4.66. The average molecular weight is 346 g/mol. The Morgan fingerprint density at radius 2 is 1.83 bits per heavy atom. The quantitative estimate of drug-likeness (QED) is 0.544. The number of thioether (sulfide) groups is 1. The Morgan fingerprint density at radius 1 is 1.17 bits per heavy atom. The predicted molar refractivity (Wildman–Crippen MR) is 102 cm³/mol. The fraction of sp³-hybridized carbons (Fsp3) is 0.474. The van der Waals surface area contributed by atoms with Crippen molar-refractivity contribution in [3.63, 3.8) is 0 Å². The number of rotatable bonds is 3. The van der Waals surface area contributed by atoms with E-state index in [2.05, 4.69) is 38.1 Å². The van der Waals surface area contributed by atoms with Gasteiger partial charge in [0.05, 0.1) is 4.91 Å². The lowest BCUT2D eigenvalue weighted by Crippen LogP contribution is -2.39. The van der Waals surface area contributed by atoms with E-state index in [0.717, 1.165) is 27.6 Å². The summed E-state index contributed by atoms with van der Waals surface area (Å²) in [5.41, 5.74) is 2.38. The minimum absolute atomic E-state index is 0.0971. The SMILES string of the molecule is CC(C)c1ccc(C=C2SC(=S)N(C3CCCCC3)C2=O)cc1. The number of hydrogen-bond donors (Lipinski definition) is 0. The summed E-state index contributed by atoms with van der Waals surface area (Å²) in [7, 11) is 0. The minimum atomic E-state index is 0.0971. The highest BCUT2D eigenvalue weighted by Gasteiger charge is 2.37. The van der Waals surface area contributed by atoms with Crippen molar-refractivity contribution in [3.05, 3.63) is 40.3 Å². The number of carbonyl (C=O) groups excluding carboxylic acids is 1. The van der Waals surface area contributed by atoms with Gasteiger partial charge in [0, 0.05) is 6.04 Å².